The highest BCUT2D eigenvalue weighted by Gasteiger charge is 2.16. The minimum atomic E-state index is -1.09. The van der Waals surface area contributed by atoms with Gasteiger partial charge in [-0.1, -0.05) is 11.8 Å². The average Bonchev–Trinajstić information content (AvgIpc) is 2.73. The Balaban J connectivity index is 2.77. The molecule has 0 saturated heterocycles. The molecule has 102 valence electrons. The highest BCUT2D eigenvalue weighted by molar-refractivity contribution is 7.14. The molecule has 3 N–H and O–H groups in total. The standard InChI is InChI=1S/C13H15NO4S/c1-8(12(16)17)14-11(15)10-5-4-9(19-10)6-7-13(2,3)18/h4-5,8,18H,1-3H3,(H,14,15)(H,16,17). The van der Waals surface area contributed by atoms with E-state index in [0.29, 0.717) is 9.75 Å². The largest absolute Gasteiger partial charge is 0.480 e. The fourth-order valence-corrected chi connectivity index (χ4v) is 1.83. The quantitative estimate of drug-likeness (QED) is 0.723. The molecule has 1 aromatic rings. The van der Waals surface area contributed by atoms with Gasteiger partial charge in [-0.3, -0.25) is 9.59 Å². The van der Waals surface area contributed by atoms with Crippen molar-refractivity contribution in [2.24, 2.45) is 0 Å². The zero-order valence-electron chi connectivity index (χ0n) is 10.9. The van der Waals surface area contributed by atoms with Crippen LogP contribution < -0.4 is 5.32 Å². The van der Waals surface area contributed by atoms with Crippen LogP contribution in [0.25, 0.3) is 0 Å². The van der Waals surface area contributed by atoms with Gasteiger partial charge in [-0.05, 0) is 32.9 Å². The van der Waals surface area contributed by atoms with Crippen LogP contribution in [0, 0.1) is 11.8 Å². The molecule has 0 fully saturated rings. The van der Waals surface area contributed by atoms with Crippen LogP contribution in [0.1, 0.15) is 35.3 Å². The third-order valence-corrected chi connectivity index (χ3v) is 3.04. The predicted molar refractivity (Wildman–Crippen MR) is 72.1 cm³/mol. The number of aliphatic hydroxyl groups is 1. The summed E-state index contributed by atoms with van der Waals surface area (Å²) in [4.78, 5) is 23.4. The highest BCUT2D eigenvalue weighted by Crippen LogP contribution is 2.15. The van der Waals surface area contributed by atoms with Crippen molar-refractivity contribution in [3.05, 3.63) is 21.9 Å². The minimum Gasteiger partial charge on any atom is -0.480 e. The Labute approximate surface area is 115 Å². The molecule has 0 bridgehead atoms. The van der Waals surface area contributed by atoms with Crippen molar-refractivity contribution in [2.45, 2.75) is 32.4 Å². The Morgan fingerprint density at radius 1 is 1.42 bits per heavy atom. The van der Waals surface area contributed by atoms with Gasteiger partial charge in [-0.25, -0.2) is 0 Å². The van der Waals surface area contributed by atoms with E-state index >= 15 is 0 Å². The summed E-state index contributed by atoms with van der Waals surface area (Å²) in [6.07, 6.45) is 0. The molecule has 0 aliphatic rings. The van der Waals surface area contributed by atoms with Crippen LogP contribution >= 0.6 is 11.3 Å². The lowest BCUT2D eigenvalue weighted by Crippen LogP contribution is -2.37. The van der Waals surface area contributed by atoms with Gasteiger partial charge in [0, 0.05) is 0 Å². The van der Waals surface area contributed by atoms with E-state index in [1.807, 2.05) is 0 Å². The zero-order valence-corrected chi connectivity index (χ0v) is 11.7. The summed E-state index contributed by atoms with van der Waals surface area (Å²) < 4.78 is 0. The highest BCUT2D eigenvalue weighted by atomic mass is 32.1. The predicted octanol–water partition coefficient (Wildman–Crippen LogP) is 1.07. The van der Waals surface area contributed by atoms with Gasteiger partial charge in [0.05, 0.1) is 9.75 Å². The van der Waals surface area contributed by atoms with Gasteiger partial charge >= 0.3 is 5.97 Å². The average molecular weight is 281 g/mol. The maximum absolute atomic E-state index is 11.7. The molecule has 0 spiro atoms. The number of hydrogen-bond donors (Lipinski definition) is 3. The summed E-state index contributed by atoms with van der Waals surface area (Å²) in [5.41, 5.74) is -1.09. The molecule has 1 rings (SSSR count). The van der Waals surface area contributed by atoms with Crippen molar-refractivity contribution in [2.75, 3.05) is 0 Å². The molecule has 0 aliphatic carbocycles. The Morgan fingerprint density at radius 3 is 2.58 bits per heavy atom. The second-order valence-electron chi connectivity index (χ2n) is 4.51. The molecule has 1 aromatic heterocycles. The van der Waals surface area contributed by atoms with E-state index in [4.69, 9.17) is 5.11 Å². The maximum Gasteiger partial charge on any atom is 0.325 e. The van der Waals surface area contributed by atoms with Gasteiger partial charge in [0.1, 0.15) is 11.6 Å². The van der Waals surface area contributed by atoms with Crippen molar-refractivity contribution in [3.8, 4) is 11.8 Å². The first-order chi connectivity index (χ1) is 8.69. The van der Waals surface area contributed by atoms with Crippen molar-refractivity contribution < 1.29 is 19.8 Å². The van der Waals surface area contributed by atoms with Gasteiger partial charge in [0.25, 0.3) is 5.91 Å². The molecule has 0 aliphatic heterocycles. The molecular formula is C13H15NO4S. The number of carbonyl (C=O) groups excluding carboxylic acids is 1. The van der Waals surface area contributed by atoms with Crippen LogP contribution in [-0.4, -0.2) is 33.7 Å². The van der Waals surface area contributed by atoms with E-state index in [-0.39, 0.29) is 0 Å². The van der Waals surface area contributed by atoms with Crippen LogP contribution in [-0.2, 0) is 4.79 Å². The number of carbonyl (C=O) groups is 2. The monoisotopic (exact) mass is 281 g/mol. The van der Waals surface area contributed by atoms with Crippen LogP contribution in [0.15, 0.2) is 12.1 Å². The Hall–Kier alpha value is -1.84. The Kier molecular flexibility index (Phi) is 4.70. The van der Waals surface area contributed by atoms with Crippen molar-refractivity contribution in [1.29, 1.82) is 0 Å². The zero-order chi connectivity index (χ0) is 14.6. The fraction of sp³-hybridized carbons (Fsp3) is 0.385. The second-order valence-corrected chi connectivity index (χ2v) is 5.59. The van der Waals surface area contributed by atoms with E-state index < -0.39 is 23.5 Å². The summed E-state index contributed by atoms with van der Waals surface area (Å²) >= 11 is 1.15. The third-order valence-electron chi connectivity index (χ3n) is 2.04. The lowest BCUT2D eigenvalue weighted by molar-refractivity contribution is -0.138. The van der Waals surface area contributed by atoms with Crippen molar-refractivity contribution in [3.63, 3.8) is 0 Å². The molecule has 1 unspecified atom stereocenters. The molecular weight excluding hydrogens is 266 g/mol. The lowest BCUT2D eigenvalue weighted by atomic mass is 10.1. The number of carboxylic acids is 1. The van der Waals surface area contributed by atoms with Gasteiger partial charge in [0.2, 0.25) is 0 Å². The number of amides is 1. The summed E-state index contributed by atoms with van der Waals surface area (Å²) in [6, 6.07) is 2.28. The van der Waals surface area contributed by atoms with E-state index in [0.717, 1.165) is 11.3 Å². The third kappa shape index (κ3) is 5.12. The number of nitrogens with one attached hydrogen (secondary N) is 1. The number of rotatable bonds is 3. The fourth-order valence-electron chi connectivity index (χ4n) is 1.07. The number of carboxylic acid groups (broad SMARTS) is 1. The molecule has 0 saturated carbocycles. The van der Waals surface area contributed by atoms with Gasteiger partial charge < -0.3 is 15.5 Å². The Bertz CT molecular complexity index is 545. The summed E-state index contributed by atoms with van der Waals surface area (Å²) in [7, 11) is 0. The molecule has 0 radical (unpaired) electrons. The van der Waals surface area contributed by atoms with E-state index in [1.54, 1.807) is 26.0 Å². The lowest BCUT2D eigenvalue weighted by Gasteiger charge is -2.07. The molecule has 1 amide bonds. The van der Waals surface area contributed by atoms with Gasteiger partial charge in [-0.15, -0.1) is 11.3 Å². The molecule has 5 nitrogen and oxygen atoms in total. The van der Waals surface area contributed by atoms with Crippen molar-refractivity contribution >= 4 is 23.2 Å². The minimum absolute atomic E-state index is 0.383. The first kappa shape index (κ1) is 15.2. The first-order valence-electron chi connectivity index (χ1n) is 5.58. The summed E-state index contributed by atoms with van der Waals surface area (Å²) in [5, 5.41) is 20.5. The van der Waals surface area contributed by atoms with Crippen LogP contribution in [0.3, 0.4) is 0 Å². The van der Waals surface area contributed by atoms with Crippen LogP contribution in [0.2, 0.25) is 0 Å². The molecule has 1 atom stereocenters. The number of aliphatic carboxylic acids is 1. The normalized spacial score (nSPS) is 12.2. The van der Waals surface area contributed by atoms with E-state index in [1.165, 1.54) is 6.92 Å². The molecule has 0 aromatic carbocycles. The smallest absolute Gasteiger partial charge is 0.325 e. The SMILES string of the molecule is CC(NC(=O)c1ccc(C#CC(C)(C)O)s1)C(=O)O. The van der Waals surface area contributed by atoms with E-state index in [9.17, 15) is 14.7 Å². The molecule has 1 heterocycles. The second kappa shape index (κ2) is 5.87. The van der Waals surface area contributed by atoms with Gasteiger partial charge in [0.15, 0.2) is 0 Å². The van der Waals surface area contributed by atoms with E-state index in [2.05, 4.69) is 17.2 Å². The number of hydrogen-bond acceptors (Lipinski definition) is 4. The molecule has 6 heteroatoms. The van der Waals surface area contributed by atoms with Crippen LogP contribution in [0.5, 0.6) is 0 Å². The molecule has 19 heavy (non-hydrogen) atoms. The van der Waals surface area contributed by atoms with Crippen LogP contribution in [0.4, 0.5) is 0 Å². The van der Waals surface area contributed by atoms with Gasteiger partial charge in [-0.2, -0.15) is 0 Å². The maximum atomic E-state index is 11.7. The Morgan fingerprint density at radius 2 is 2.05 bits per heavy atom. The topological polar surface area (TPSA) is 86.6 Å². The summed E-state index contributed by atoms with van der Waals surface area (Å²) in [6.45, 7) is 4.52. The summed E-state index contributed by atoms with van der Waals surface area (Å²) in [5.74, 6) is 3.86. The van der Waals surface area contributed by atoms with Crippen molar-refractivity contribution in [1.82, 2.24) is 5.32 Å². The number of thiophene rings is 1. The first-order valence-corrected chi connectivity index (χ1v) is 6.40.